The van der Waals surface area contributed by atoms with E-state index < -0.39 is 5.97 Å². The third-order valence-corrected chi connectivity index (χ3v) is 3.58. The molecule has 0 aliphatic heterocycles. The SMILES string of the molecule is O=C(O)CNc1c(C(=O)c2ccc(Cl)cc2)oc2ccccc12. The number of carboxylic acids is 1. The summed E-state index contributed by atoms with van der Waals surface area (Å²) in [5.41, 5.74) is 1.30. The molecule has 2 N–H and O–H groups in total. The van der Waals surface area contributed by atoms with Crippen molar-refractivity contribution in [1.29, 1.82) is 0 Å². The van der Waals surface area contributed by atoms with Crippen molar-refractivity contribution in [3.05, 3.63) is 64.9 Å². The van der Waals surface area contributed by atoms with E-state index in [0.717, 1.165) is 0 Å². The lowest BCUT2D eigenvalue weighted by Crippen LogP contribution is -2.14. The molecule has 6 heteroatoms. The summed E-state index contributed by atoms with van der Waals surface area (Å²) in [6.07, 6.45) is 0. The van der Waals surface area contributed by atoms with Crippen LogP contribution < -0.4 is 5.32 Å². The largest absolute Gasteiger partial charge is 0.480 e. The molecular formula is C17H12ClNO4. The summed E-state index contributed by atoms with van der Waals surface area (Å²) >= 11 is 5.83. The first kappa shape index (κ1) is 15.1. The van der Waals surface area contributed by atoms with Gasteiger partial charge in [-0.05, 0) is 36.4 Å². The normalized spacial score (nSPS) is 10.7. The van der Waals surface area contributed by atoms with Gasteiger partial charge >= 0.3 is 5.97 Å². The van der Waals surface area contributed by atoms with Gasteiger partial charge in [-0.1, -0.05) is 23.7 Å². The Balaban J connectivity index is 2.08. The Morgan fingerprint density at radius 1 is 1.09 bits per heavy atom. The van der Waals surface area contributed by atoms with Crippen LogP contribution in [0.5, 0.6) is 0 Å². The van der Waals surface area contributed by atoms with Gasteiger partial charge in [0.25, 0.3) is 0 Å². The number of hydrogen-bond acceptors (Lipinski definition) is 4. The van der Waals surface area contributed by atoms with Gasteiger partial charge in [-0.3, -0.25) is 9.59 Å². The lowest BCUT2D eigenvalue weighted by Gasteiger charge is -2.04. The van der Waals surface area contributed by atoms with Crippen molar-refractivity contribution in [3.8, 4) is 0 Å². The summed E-state index contributed by atoms with van der Waals surface area (Å²) in [4.78, 5) is 23.5. The molecule has 3 aromatic rings. The highest BCUT2D eigenvalue weighted by atomic mass is 35.5. The maximum atomic E-state index is 12.7. The fourth-order valence-corrected chi connectivity index (χ4v) is 2.40. The number of nitrogens with one attached hydrogen (secondary N) is 1. The number of carbonyl (C=O) groups is 2. The van der Waals surface area contributed by atoms with E-state index in [1.54, 1.807) is 48.5 Å². The lowest BCUT2D eigenvalue weighted by molar-refractivity contribution is -0.134. The third-order valence-electron chi connectivity index (χ3n) is 3.32. The highest BCUT2D eigenvalue weighted by Gasteiger charge is 2.22. The minimum absolute atomic E-state index is 0.0785. The molecule has 23 heavy (non-hydrogen) atoms. The summed E-state index contributed by atoms with van der Waals surface area (Å²) in [7, 11) is 0. The number of hydrogen-bond donors (Lipinski definition) is 2. The molecule has 1 heterocycles. The number of rotatable bonds is 5. The number of aliphatic carboxylic acids is 1. The first-order valence-corrected chi connectivity index (χ1v) is 7.21. The molecule has 0 radical (unpaired) electrons. The summed E-state index contributed by atoms with van der Waals surface area (Å²) in [6.45, 7) is -0.315. The topological polar surface area (TPSA) is 79.5 Å². The second kappa shape index (κ2) is 6.14. The van der Waals surface area contributed by atoms with E-state index in [4.69, 9.17) is 21.1 Å². The molecule has 0 atom stereocenters. The first-order chi connectivity index (χ1) is 11.1. The van der Waals surface area contributed by atoms with Gasteiger partial charge in [0.2, 0.25) is 5.78 Å². The minimum atomic E-state index is -1.03. The summed E-state index contributed by atoms with van der Waals surface area (Å²) in [6, 6.07) is 13.5. The summed E-state index contributed by atoms with van der Waals surface area (Å²) < 4.78 is 5.64. The zero-order valence-corrected chi connectivity index (χ0v) is 12.6. The van der Waals surface area contributed by atoms with Crippen molar-refractivity contribution in [2.24, 2.45) is 0 Å². The van der Waals surface area contributed by atoms with Crippen LogP contribution in [0.3, 0.4) is 0 Å². The molecule has 5 nitrogen and oxygen atoms in total. The number of benzene rings is 2. The third kappa shape index (κ3) is 3.05. The number of fused-ring (bicyclic) bond motifs is 1. The van der Waals surface area contributed by atoms with Crippen molar-refractivity contribution in [2.45, 2.75) is 0 Å². The number of halogens is 1. The molecular weight excluding hydrogens is 318 g/mol. The molecule has 2 aromatic carbocycles. The van der Waals surface area contributed by atoms with Gasteiger partial charge in [0.1, 0.15) is 12.1 Å². The van der Waals surface area contributed by atoms with Gasteiger partial charge in [0.05, 0.1) is 5.69 Å². The number of carboxylic acid groups (broad SMARTS) is 1. The Kier molecular flexibility index (Phi) is 4.04. The summed E-state index contributed by atoms with van der Waals surface area (Å²) in [5.74, 6) is -1.29. The van der Waals surface area contributed by atoms with Gasteiger partial charge in [0, 0.05) is 16.0 Å². The predicted molar refractivity (Wildman–Crippen MR) is 87.2 cm³/mol. The fourth-order valence-electron chi connectivity index (χ4n) is 2.28. The second-order valence-electron chi connectivity index (χ2n) is 4.89. The Bertz CT molecular complexity index is 883. The average Bonchev–Trinajstić information content (AvgIpc) is 2.91. The van der Waals surface area contributed by atoms with E-state index in [2.05, 4.69) is 5.32 Å². The molecule has 0 saturated heterocycles. The fraction of sp³-hybridized carbons (Fsp3) is 0.0588. The molecule has 116 valence electrons. The van der Waals surface area contributed by atoms with E-state index in [-0.39, 0.29) is 18.1 Å². The first-order valence-electron chi connectivity index (χ1n) is 6.83. The molecule has 0 bridgehead atoms. The van der Waals surface area contributed by atoms with E-state index in [0.29, 0.717) is 27.2 Å². The Labute approximate surface area is 136 Å². The van der Waals surface area contributed by atoms with E-state index >= 15 is 0 Å². The van der Waals surface area contributed by atoms with E-state index in [9.17, 15) is 9.59 Å². The van der Waals surface area contributed by atoms with Crippen LogP contribution in [-0.4, -0.2) is 23.4 Å². The maximum Gasteiger partial charge on any atom is 0.322 e. The number of para-hydroxylation sites is 1. The zero-order chi connectivity index (χ0) is 16.4. The van der Waals surface area contributed by atoms with Crippen molar-refractivity contribution >= 4 is 40.0 Å². The minimum Gasteiger partial charge on any atom is -0.480 e. The number of anilines is 1. The van der Waals surface area contributed by atoms with Crippen LogP contribution in [0.4, 0.5) is 5.69 Å². The Morgan fingerprint density at radius 2 is 1.78 bits per heavy atom. The van der Waals surface area contributed by atoms with Crippen LogP contribution >= 0.6 is 11.6 Å². The van der Waals surface area contributed by atoms with Gasteiger partial charge in [0.15, 0.2) is 5.76 Å². The number of ketones is 1. The van der Waals surface area contributed by atoms with Crippen molar-refractivity contribution in [1.82, 2.24) is 0 Å². The van der Waals surface area contributed by atoms with Crippen LogP contribution in [0.2, 0.25) is 5.02 Å². The molecule has 0 aliphatic carbocycles. The molecule has 3 rings (SSSR count). The van der Waals surface area contributed by atoms with Gasteiger partial charge < -0.3 is 14.8 Å². The molecule has 0 aliphatic rings. The smallest absolute Gasteiger partial charge is 0.322 e. The van der Waals surface area contributed by atoms with Crippen LogP contribution in [0.1, 0.15) is 16.1 Å². The molecule has 0 unspecified atom stereocenters. The summed E-state index contributed by atoms with van der Waals surface area (Å²) in [5, 5.41) is 12.8. The predicted octanol–water partition coefficient (Wildman–Crippen LogP) is 3.81. The van der Waals surface area contributed by atoms with E-state index in [1.807, 2.05) is 0 Å². The standard InChI is InChI=1S/C17H12ClNO4/c18-11-7-5-10(6-8-11)16(22)17-15(19-9-14(20)21)12-3-1-2-4-13(12)23-17/h1-8,19H,9H2,(H,20,21). The molecule has 0 spiro atoms. The van der Waals surface area contributed by atoms with Crippen LogP contribution in [0.25, 0.3) is 11.0 Å². The van der Waals surface area contributed by atoms with Crippen LogP contribution in [0, 0.1) is 0 Å². The number of furan rings is 1. The van der Waals surface area contributed by atoms with Gasteiger partial charge in [-0.15, -0.1) is 0 Å². The number of carbonyl (C=O) groups excluding carboxylic acids is 1. The highest BCUT2D eigenvalue weighted by Crippen LogP contribution is 2.32. The Hall–Kier alpha value is -2.79. The molecule has 1 aromatic heterocycles. The van der Waals surface area contributed by atoms with E-state index in [1.165, 1.54) is 0 Å². The molecule has 0 amide bonds. The quantitative estimate of drug-likeness (QED) is 0.696. The monoisotopic (exact) mass is 329 g/mol. The second-order valence-corrected chi connectivity index (χ2v) is 5.32. The average molecular weight is 330 g/mol. The molecule has 0 saturated carbocycles. The maximum absolute atomic E-state index is 12.7. The van der Waals surface area contributed by atoms with Crippen molar-refractivity contribution in [3.63, 3.8) is 0 Å². The molecule has 0 fully saturated rings. The van der Waals surface area contributed by atoms with Crippen molar-refractivity contribution in [2.75, 3.05) is 11.9 Å². The van der Waals surface area contributed by atoms with Crippen molar-refractivity contribution < 1.29 is 19.1 Å². The van der Waals surface area contributed by atoms with Gasteiger partial charge in [-0.2, -0.15) is 0 Å². The zero-order valence-electron chi connectivity index (χ0n) is 11.9. The lowest BCUT2D eigenvalue weighted by atomic mass is 10.1. The van der Waals surface area contributed by atoms with Crippen LogP contribution in [-0.2, 0) is 4.79 Å². The Morgan fingerprint density at radius 3 is 2.48 bits per heavy atom. The van der Waals surface area contributed by atoms with Gasteiger partial charge in [-0.25, -0.2) is 0 Å². The van der Waals surface area contributed by atoms with Crippen LogP contribution in [0.15, 0.2) is 52.9 Å². The highest BCUT2D eigenvalue weighted by molar-refractivity contribution is 6.30.